The summed E-state index contributed by atoms with van der Waals surface area (Å²) in [7, 11) is 5.55. The first-order valence-electron chi connectivity index (χ1n) is 9.04. The highest BCUT2D eigenvalue weighted by atomic mass is 127. The molecule has 1 saturated heterocycles. The van der Waals surface area contributed by atoms with Gasteiger partial charge in [0.1, 0.15) is 6.54 Å². The molecule has 0 radical (unpaired) electrons. The van der Waals surface area contributed by atoms with Crippen molar-refractivity contribution in [1.29, 1.82) is 0 Å². The first kappa shape index (κ1) is 24.4. The highest BCUT2D eigenvalue weighted by Crippen LogP contribution is 1.98. The lowest BCUT2D eigenvalue weighted by atomic mass is 10.3. The van der Waals surface area contributed by atoms with Gasteiger partial charge in [0.05, 0.1) is 13.2 Å². The lowest BCUT2D eigenvalue weighted by Crippen LogP contribution is -2.42. The van der Waals surface area contributed by atoms with E-state index in [0.717, 1.165) is 71.2 Å². The largest absolute Gasteiger partial charge is 0.379 e. The molecule has 148 valence electrons. The Morgan fingerprint density at radius 3 is 2.48 bits per heavy atom. The topological polar surface area (TPSA) is 60.4 Å². The average Bonchev–Trinajstić information content (AvgIpc) is 2.59. The Balaban J connectivity index is 0.00000576. The van der Waals surface area contributed by atoms with Gasteiger partial charge in [-0.3, -0.25) is 9.69 Å². The molecular formula is C17H36IN5O2. The zero-order chi connectivity index (χ0) is 17.8. The van der Waals surface area contributed by atoms with Crippen LogP contribution in [-0.4, -0.2) is 100 Å². The number of carbonyl (C=O) groups excluding carboxylic acids is 1. The fourth-order valence-electron chi connectivity index (χ4n) is 2.42. The zero-order valence-electron chi connectivity index (χ0n) is 16.3. The summed E-state index contributed by atoms with van der Waals surface area (Å²) in [6.45, 7) is 8.97. The summed E-state index contributed by atoms with van der Waals surface area (Å²) in [5.74, 6) is 0.840. The molecule has 0 aromatic heterocycles. The first-order valence-corrected chi connectivity index (χ1v) is 9.04. The fraction of sp³-hybridized carbons (Fsp3) is 0.882. The van der Waals surface area contributed by atoms with E-state index < -0.39 is 0 Å². The van der Waals surface area contributed by atoms with Crippen LogP contribution in [0, 0.1) is 0 Å². The minimum Gasteiger partial charge on any atom is -0.379 e. The van der Waals surface area contributed by atoms with E-state index in [1.165, 1.54) is 0 Å². The first-order chi connectivity index (χ1) is 11.5. The molecule has 1 N–H and O–H groups in total. The van der Waals surface area contributed by atoms with Crippen LogP contribution in [0.15, 0.2) is 4.99 Å². The number of rotatable bonds is 9. The van der Waals surface area contributed by atoms with Crippen LogP contribution in [0.1, 0.15) is 26.2 Å². The van der Waals surface area contributed by atoms with Gasteiger partial charge >= 0.3 is 0 Å². The summed E-state index contributed by atoms with van der Waals surface area (Å²) >= 11 is 0. The van der Waals surface area contributed by atoms with E-state index in [0.29, 0.717) is 0 Å². The van der Waals surface area contributed by atoms with Crippen molar-refractivity contribution in [1.82, 2.24) is 20.0 Å². The Hall–Kier alpha value is -0.610. The van der Waals surface area contributed by atoms with Crippen molar-refractivity contribution in [2.75, 3.05) is 73.6 Å². The lowest BCUT2D eigenvalue weighted by Gasteiger charge is -2.27. The van der Waals surface area contributed by atoms with E-state index in [2.05, 4.69) is 27.0 Å². The molecule has 0 spiro atoms. The molecule has 8 heteroatoms. The van der Waals surface area contributed by atoms with Crippen LogP contribution in [0.3, 0.4) is 0 Å². The molecular weight excluding hydrogens is 433 g/mol. The third-order valence-electron chi connectivity index (χ3n) is 4.11. The second kappa shape index (κ2) is 14.5. The van der Waals surface area contributed by atoms with Gasteiger partial charge in [0.25, 0.3) is 0 Å². The quantitative estimate of drug-likeness (QED) is 0.237. The highest BCUT2D eigenvalue weighted by molar-refractivity contribution is 14.0. The van der Waals surface area contributed by atoms with Crippen LogP contribution in [-0.2, 0) is 9.53 Å². The molecule has 0 atom stereocenters. The number of nitrogens with one attached hydrogen (secondary N) is 1. The van der Waals surface area contributed by atoms with Crippen molar-refractivity contribution >= 4 is 35.8 Å². The van der Waals surface area contributed by atoms with Crippen molar-refractivity contribution in [3.8, 4) is 0 Å². The Labute approximate surface area is 170 Å². The number of halogens is 1. The molecule has 0 bridgehead atoms. The predicted octanol–water partition coefficient (Wildman–Crippen LogP) is 1.09. The molecule has 1 aliphatic heterocycles. The van der Waals surface area contributed by atoms with Gasteiger partial charge in [-0.15, -0.1) is 24.0 Å². The molecule has 0 saturated carbocycles. The van der Waals surface area contributed by atoms with Crippen LogP contribution in [0.2, 0.25) is 0 Å². The van der Waals surface area contributed by atoms with Gasteiger partial charge in [0, 0.05) is 47.3 Å². The smallest absolute Gasteiger partial charge is 0.243 e. The van der Waals surface area contributed by atoms with Crippen LogP contribution in [0.4, 0.5) is 0 Å². The second-order valence-electron chi connectivity index (χ2n) is 6.44. The van der Waals surface area contributed by atoms with Crippen molar-refractivity contribution in [3.05, 3.63) is 0 Å². The lowest BCUT2D eigenvalue weighted by molar-refractivity contribution is -0.127. The number of aliphatic imine (C=N–C) groups is 1. The summed E-state index contributed by atoms with van der Waals surface area (Å²) in [5.41, 5.74) is 0. The standard InChI is InChI=1S/C17H35N5O2.HI/c1-5-6-9-21(4)17(19-15-16(23)20(2)3)18-8-7-10-22-11-13-24-14-12-22;/h5-15H2,1-4H3,(H,18,19);1H. The van der Waals surface area contributed by atoms with Crippen molar-refractivity contribution in [2.45, 2.75) is 26.2 Å². The number of morpholine rings is 1. The Bertz CT molecular complexity index is 387. The molecule has 1 heterocycles. The van der Waals surface area contributed by atoms with Crippen molar-refractivity contribution in [2.24, 2.45) is 4.99 Å². The van der Waals surface area contributed by atoms with Gasteiger partial charge in [-0.2, -0.15) is 0 Å². The fourth-order valence-corrected chi connectivity index (χ4v) is 2.42. The molecule has 0 unspecified atom stereocenters. The summed E-state index contributed by atoms with van der Waals surface area (Å²) in [5, 5.41) is 3.41. The normalized spacial score (nSPS) is 15.4. The van der Waals surface area contributed by atoms with Crippen molar-refractivity contribution in [3.63, 3.8) is 0 Å². The summed E-state index contributed by atoms with van der Waals surface area (Å²) in [4.78, 5) is 22.4. The van der Waals surface area contributed by atoms with Gasteiger partial charge in [-0.25, -0.2) is 4.99 Å². The molecule has 1 fully saturated rings. The van der Waals surface area contributed by atoms with E-state index in [9.17, 15) is 4.79 Å². The third kappa shape index (κ3) is 10.9. The number of amides is 1. The number of likely N-dealkylation sites (N-methyl/N-ethyl adjacent to an activating group) is 1. The number of nitrogens with zero attached hydrogens (tertiary/aromatic N) is 4. The molecule has 25 heavy (non-hydrogen) atoms. The summed E-state index contributed by atoms with van der Waals surface area (Å²) < 4.78 is 5.37. The number of unbranched alkanes of at least 4 members (excludes halogenated alkanes) is 1. The van der Waals surface area contributed by atoms with Crippen LogP contribution >= 0.6 is 24.0 Å². The average molecular weight is 469 g/mol. The molecule has 0 aromatic carbocycles. The van der Waals surface area contributed by atoms with Gasteiger partial charge in [-0.05, 0) is 19.4 Å². The maximum absolute atomic E-state index is 11.8. The molecule has 1 amide bonds. The summed E-state index contributed by atoms with van der Waals surface area (Å²) in [6, 6.07) is 0. The predicted molar refractivity (Wildman–Crippen MR) is 114 cm³/mol. The number of carbonyl (C=O) groups is 1. The zero-order valence-corrected chi connectivity index (χ0v) is 18.6. The van der Waals surface area contributed by atoms with Crippen LogP contribution in [0.5, 0.6) is 0 Å². The van der Waals surface area contributed by atoms with E-state index in [1.807, 2.05) is 7.05 Å². The minimum absolute atomic E-state index is 0. The second-order valence-corrected chi connectivity index (χ2v) is 6.44. The van der Waals surface area contributed by atoms with E-state index >= 15 is 0 Å². The molecule has 1 aliphatic rings. The van der Waals surface area contributed by atoms with E-state index in [1.54, 1.807) is 19.0 Å². The minimum atomic E-state index is 0. The maximum Gasteiger partial charge on any atom is 0.243 e. The SMILES string of the molecule is CCCCN(C)C(=NCC(=O)N(C)C)NCCCN1CCOCC1.I. The van der Waals surface area contributed by atoms with Crippen molar-refractivity contribution < 1.29 is 9.53 Å². The van der Waals surface area contributed by atoms with E-state index in [-0.39, 0.29) is 36.4 Å². The van der Waals surface area contributed by atoms with Gasteiger partial charge in [0.15, 0.2) is 5.96 Å². The Morgan fingerprint density at radius 1 is 1.20 bits per heavy atom. The Morgan fingerprint density at radius 2 is 1.88 bits per heavy atom. The molecule has 7 nitrogen and oxygen atoms in total. The highest BCUT2D eigenvalue weighted by Gasteiger charge is 2.11. The van der Waals surface area contributed by atoms with Gasteiger partial charge in [0.2, 0.25) is 5.91 Å². The van der Waals surface area contributed by atoms with E-state index in [4.69, 9.17) is 4.74 Å². The third-order valence-corrected chi connectivity index (χ3v) is 4.11. The van der Waals surface area contributed by atoms with Crippen LogP contribution < -0.4 is 5.32 Å². The van der Waals surface area contributed by atoms with Crippen LogP contribution in [0.25, 0.3) is 0 Å². The number of ether oxygens (including phenoxy) is 1. The Kier molecular flexibility index (Phi) is 14.2. The maximum atomic E-state index is 11.8. The molecule has 1 rings (SSSR count). The number of hydrogen-bond acceptors (Lipinski definition) is 4. The monoisotopic (exact) mass is 469 g/mol. The molecule has 0 aliphatic carbocycles. The number of guanidine groups is 1. The van der Waals surface area contributed by atoms with Gasteiger partial charge in [-0.1, -0.05) is 13.3 Å². The van der Waals surface area contributed by atoms with Gasteiger partial charge < -0.3 is 19.9 Å². The summed E-state index contributed by atoms with van der Waals surface area (Å²) in [6.07, 6.45) is 3.32. The number of hydrogen-bond donors (Lipinski definition) is 1. The molecule has 0 aromatic rings.